The molecule has 0 radical (unpaired) electrons. The Morgan fingerprint density at radius 3 is 2.63 bits per heavy atom. The second-order valence-corrected chi connectivity index (χ2v) is 18.9. The van der Waals surface area contributed by atoms with Crippen molar-refractivity contribution in [2.24, 2.45) is 0 Å². The molecule has 0 saturated carbocycles. The van der Waals surface area contributed by atoms with Crippen molar-refractivity contribution >= 4 is 42.6 Å². The highest BCUT2D eigenvalue weighted by atomic mass is 28.3. The molecule has 1 aromatic carbocycles. The van der Waals surface area contributed by atoms with Gasteiger partial charge in [-0.25, -0.2) is 23.5 Å². The number of carbonyl (C=O) groups is 3. The number of halogens is 2. The SMILES string of the molecule is COc1ccc2c(c1F)C(=O)N(CC1(c3cc4nc(C5=CCN(C)CC5)c(F)cc4o3)NC(=O)N(COCC[Si](C)(C)C)C1=O)C2. The zero-order chi connectivity index (χ0) is 33.0. The molecule has 0 bridgehead atoms. The van der Waals surface area contributed by atoms with Crippen molar-refractivity contribution in [1.82, 2.24) is 25.0 Å². The number of pyridine rings is 1. The van der Waals surface area contributed by atoms with Gasteiger partial charge >= 0.3 is 6.03 Å². The molecule has 1 unspecified atom stereocenters. The van der Waals surface area contributed by atoms with E-state index < -0.39 is 43.1 Å². The number of aromatic nitrogens is 1. The Labute approximate surface area is 266 Å². The molecule has 1 saturated heterocycles. The van der Waals surface area contributed by atoms with Gasteiger partial charge in [-0.2, -0.15) is 0 Å². The van der Waals surface area contributed by atoms with Crippen LogP contribution < -0.4 is 10.1 Å². The van der Waals surface area contributed by atoms with E-state index in [-0.39, 0.29) is 53.7 Å². The number of fused-ring (bicyclic) bond motifs is 2. The van der Waals surface area contributed by atoms with Gasteiger partial charge in [-0.05, 0) is 36.7 Å². The molecule has 3 aliphatic heterocycles. The second kappa shape index (κ2) is 11.9. The van der Waals surface area contributed by atoms with Gasteiger partial charge in [0.1, 0.15) is 23.7 Å². The van der Waals surface area contributed by atoms with Crippen LogP contribution in [0, 0.1) is 11.6 Å². The average molecular weight is 654 g/mol. The average Bonchev–Trinajstić information content (AvgIpc) is 3.63. The minimum atomic E-state index is -1.92. The molecule has 11 nitrogen and oxygen atoms in total. The van der Waals surface area contributed by atoms with Crippen LogP contribution in [0.5, 0.6) is 5.75 Å². The van der Waals surface area contributed by atoms with E-state index in [1.165, 1.54) is 30.2 Å². The predicted molar refractivity (Wildman–Crippen MR) is 168 cm³/mol. The minimum absolute atomic E-state index is 0.0213. The highest BCUT2D eigenvalue weighted by molar-refractivity contribution is 6.76. The topological polar surface area (TPSA) is 117 Å². The third-order valence-corrected chi connectivity index (χ3v) is 10.4. The Morgan fingerprint density at radius 1 is 1.15 bits per heavy atom. The molecule has 1 fully saturated rings. The van der Waals surface area contributed by atoms with Gasteiger partial charge in [0.05, 0.1) is 19.2 Å². The number of nitrogens with one attached hydrogen (secondary N) is 1. The summed E-state index contributed by atoms with van der Waals surface area (Å²) in [7, 11) is 1.84. The molecule has 0 spiro atoms. The Balaban J connectivity index is 1.37. The zero-order valence-electron chi connectivity index (χ0n) is 26.5. The molecule has 14 heteroatoms. The van der Waals surface area contributed by atoms with Crippen LogP contribution in [0.25, 0.3) is 16.7 Å². The van der Waals surface area contributed by atoms with Crippen molar-refractivity contribution in [2.45, 2.75) is 44.2 Å². The van der Waals surface area contributed by atoms with Gasteiger partial charge in [-0.1, -0.05) is 31.8 Å². The lowest BCUT2D eigenvalue weighted by atomic mass is 9.95. The van der Waals surface area contributed by atoms with Gasteiger partial charge < -0.3 is 29.0 Å². The summed E-state index contributed by atoms with van der Waals surface area (Å²) < 4.78 is 47.4. The van der Waals surface area contributed by atoms with Crippen molar-refractivity contribution in [3.8, 4) is 5.75 Å². The summed E-state index contributed by atoms with van der Waals surface area (Å²) in [5.74, 6) is -2.89. The Bertz CT molecular complexity index is 1770. The highest BCUT2D eigenvalue weighted by Crippen LogP contribution is 2.38. The normalized spacial score (nSPS) is 20.5. The summed E-state index contributed by atoms with van der Waals surface area (Å²) in [6.07, 6.45) is 2.54. The van der Waals surface area contributed by atoms with Gasteiger partial charge in [0.25, 0.3) is 11.8 Å². The summed E-state index contributed by atoms with van der Waals surface area (Å²) in [6, 6.07) is 5.80. The van der Waals surface area contributed by atoms with Crippen LogP contribution in [0.3, 0.4) is 0 Å². The molecule has 5 heterocycles. The van der Waals surface area contributed by atoms with E-state index in [1.807, 2.05) is 13.1 Å². The fraction of sp³-hybridized carbons (Fsp3) is 0.438. The first-order valence-electron chi connectivity index (χ1n) is 15.2. The summed E-state index contributed by atoms with van der Waals surface area (Å²) in [5.41, 5.74) is -0.363. The lowest BCUT2D eigenvalue weighted by molar-refractivity contribution is -0.136. The van der Waals surface area contributed by atoms with Crippen LogP contribution in [-0.2, 0) is 21.6 Å². The number of imide groups is 1. The van der Waals surface area contributed by atoms with Crippen LogP contribution >= 0.6 is 0 Å². The van der Waals surface area contributed by atoms with Crippen molar-refractivity contribution in [3.63, 3.8) is 0 Å². The van der Waals surface area contributed by atoms with Gasteiger partial charge in [0.15, 0.2) is 28.5 Å². The molecule has 3 aliphatic rings. The van der Waals surface area contributed by atoms with E-state index in [9.17, 15) is 14.4 Å². The third kappa shape index (κ3) is 5.69. The number of ether oxygens (including phenoxy) is 2. The van der Waals surface area contributed by atoms with Crippen molar-refractivity contribution < 1.29 is 37.1 Å². The Kier molecular flexibility index (Phi) is 8.23. The van der Waals surface area contributed by atoms with Gasteiger partial charge in [0.2, 0.25) is 0 Å². The van der Waals surface area contributed by atoms with Crippen LogP contribution in [0.15, 0.2) is 34.8 Å². The maximum atomic E-state index is 15.3. The smallest absolute Gasteiger partial charge is 0.327 e. The lowest BCUT2D eigenvalue weighted by Crippen LogP contribution is -2.52. The fourth-order valence-corrected chi connectivity index (χ4v) is 6.72. The van der Waals surface area contributed by atoms with Crippen LogP contribution in [0.4, 0.5) is 13.6 Å². The van der Waals surface area contributed by atoms with Crippen molar-refractivity contribution in [2.75, 3.05) is 47.1 Å². The van der Waals surface area contributed by atoms with E-state index in [0.29, 0.717) is 25.1 Å². The zero-order valence-corrected chi connectivity index (χ0v) is 27.5. The summed E-state index contributed by atoms with van der Waals surface area (Å²) in [5, 5.41) is 2.73. The highest BCUT2D eigenvalue weighted by Gasteiger charge is 2.57. The van der Waals surface area contributed by atoms with E-state index in [1.54, 1.807) is 6.07 Å². The molecule has 2 aromatic heterocycles. The number of carbonyl (C=O) groups excluding carboxylic acids is 3. The molecule has 3 aromatic rings. The van der Waals surface area contributed by atoms with Crippen LogP contribution in [0.1, 0.15) is 33.8 Å². The predicted octanol–water partition coefficient (Wildman–Crippen LogP) is 4.55. The van der Waals surface area contributed by atoms with Gasteiger partial charge in [-0.15, -0.1) is 0 Å². The first-order valence-corrected chi connectivity index (χ1v) is 18.9. The van der Waals surface area contributed by atoms with Crippen molar-refractivity contribution in [3.05, 3.63) is 64.6 Å². The largest absolute Gasteiger partial charge is 0.494 e. The van der Waals surface area contributed by atoms with E-state index in [0.717, 1.165) is 23.1 Å². The molecule has 1 atom stereocenters. The number of methoxy groups -OCH3 is 1. The Hall–Kier alpha value is -4.14. The number of furan rings is 1. The summed E-state index contributed by atoms with van der Waals surface area (Å²) in [4.78, 5) is 50.0. The van der Waals surface area contributed by atoms with Crippen LogP contribution in [0.2, 0.25) is 25.7 Å². The molecule has 244 valence electrons. The first kappa shape index (κ1) is 31.8. The number of rotatable bonds is 10. The number of hydrogen-bond donors (Lipinski definition) is 1. The molecule has 1 N–H and O–H groups in total. The van der Waals surface area contributed by atoms with E-state index in [2.05, 4.69) is 34.8 Å². The molecule has 6 rings (SSSR count). The fourth-order valence-electron chi connectivity index (χ4n) is 5.96. The quantitative estimate of drug-likeness (QED) is 0.193. The number of hydrogen-bond acceptors (Lipinski definition) is 8. The number of likely N-dealkylation sites (N-methyl/N-ethyl adjacent to an activating group) is 1. The van der Waals surface area contributed by atoms with E-state index >= 15 is 8.78 Å². The van der Waals surface area contributed by atoms with Gasteiger partial charge in [-0.3, -0.25) is 9.59 Å². The summed E-state index contributed by atoms with van der Waals surface area (Å²) >= 11 is 0. The molecule has 0 aliphatic carbocycles. The van der Waals surface area contributed by atoms with Gasteiger partial charge in [0, 0.05) is 46.4 Å². The first-order chi connectivity index (χ1) is 21.8. The second-order valence-electron chi connectivity index (χ2n) is 13.2. The summed E-state index contributed by atoms with van der Waals surface area (Å²) in [6.45, 7) is 7.61. The maximum absolute atomic E-state index is 15.3. The third-order valence-electron chi connectivity index (χ3n) is 8.69. The molecule has 46 heavy (non-hydrogen) atoms. The molecular formula is C32H37F2N5O6Si. The Morgan fingerprint density at radius 2 is 1.93 bits per heavy atom. The monoisotopic (exact) mass is 653 g/mol. The maximum Gasteiger partial charge on any atom is 0.327 e. The van der Waals surface area contributed by atoms with Crippen LogP contribution in [-0.4, -0.2) is 92.7 Å². The van der Waals surface area contributed by atoms with E-state index in [4.69, 9.17) is 13.9 Å². The number of benzene rings is 1. The standard InChI is InChI=1S/C32H37F2N5O6Si/c1-37-10-8-19(9-11-37)28-21(33)14-24-22(35-28)15-25(45-24)32(30(41)39(31(42)36-32)18-44-12-13-46(3,4)5)17-38-16-20-6-7-23(43-2)27(34)26(20)29(38)40/h6-8,14-15H,9-13,16-18H2,1-5H3,(H,36,42). The number of nitrogens with zero attached hydrogens (tertiary/aromatic N) is 4. The molecule has 4 amide bonds. The number of urea groups is 1. The van der Waals surface area contributed by atoms with Crippen molar-refractivity contribution in [1.29, 1.82) is 0 Å². The lowest BCUT2D eigenvalue weighted by Gasteiger charge is -2.29. The number of amides is 4. The minimum Gasteiger partial charge on any atom is -0.494 e. The molecular weight excluding hydrogens is 616 g/mol.